The molecule has 116 valence electrons. The fourth-order valence-corrected chi connectivity index (χ4v) is 3.02. The van der Waals surface area contributed by atoms with Crippen LogP contribution in [0, 0.1) is 17.8 Å². The van der Waals surface area contributed by atoms with E-state index in [1.54, 1.807) is 19.9 Å². The summed E-state index contributed by atoms with van der Waals surface area (Å²) in [6, 6.07) is 1.71. The van der Waals surface area contributed by atoms with E-state index in [-0.39, 0.29) is 12.4 Å². The summed E-state index contributed by atoms with van der Waals surface area (Å²) in [5, 5.41) is 13.5. The highest BCUT2D eigenvalue weighted by molar-refractivity contribution is 5.75. The lowest BCUT2D eigenvalue weighted by Crippen LogP contribution is -2.31. The van der Waals surface area contributed by atoms with Gasteiger partial charge in [-0.15, -0.1) is 6.42 Å². The van der Waals surface area contributed by atoms with Crippen LogP contribution in [0.2, 0.25) is 0 Å². The number of aromatic nitrogens is 3. The summed E-state index contributed by atoms with van der Waals surface area (Å²) in [5.74, 6) is 2.79. The first kappa shape index (κ1) is 14.8. The first-order valence-corrected chi connectivity index (χ1v) is 6.91. The minimum Gasteiger partial charge on any atom is -0.394 e. The standard InChI is InChI=1S/C15H17FN4O2/c1-4-8-5-9(20-11(8)14(17)18-7-19-20)13-15(2,3)12(16)10(6-21)22-13/h1,5,7,10,12-13,21H,6H2,2-3H3,(H2,17,18,19)/t10-,12-,13+/m1/s1. The number of nitrogen functional groups attached to an aromatic ring is 1. The van der Waals surface area contributed by atoms with Gasteiger partial charge in [-0.25, -0.2) is 13.9 Å². The fraction of sp³-hybridized carbons (Fsp3) is 0.467. The first-order valence-electron chi connectivity index (χ1n) is 6.91. The van der Waals surface area contributed by atoms with Gasteiger partial charge in [0.2, 0.25) is 0 Å². The molecule has 0 unspecified atom stereocenters. The Morgan fingerprint density at radius 2 is 2.32 bits per heavy atom. The van der Waals surface area contributed by atoms with Gasteiger partial charge in [0.15, 0.2) is 5.82 Å². The molecular formula is C15H17FN4O2. The molecule has 0 aliphatic carbocycles. The predicted octanol–water partition coefficient (Wildman–Crippen LogP) is 1.09. The second-order valence-corrected chi connectivity index (χ2v) is 5.99. The van der Waals surface area contributed by atoms with Crippen LogP contribution in [0.15, 0.2) is 12.4 Å². The van der Waals surface area contributed by atoms with E-state index in [0.29, 0.717) is 16.8 Å². The van der Waals surface area contributed by atoms with Crippen molar-refractivity contribution in [3.8, 4) is 12.3 Å². The summed E-state index contributed by atoms with van der Waals surface area (Å²) < 4.78 is 21.7. The van der Waals surface area contributed by atoms with Gasteiger partial charge in [-0.1, -0.05) is 19.8 Å². The van der Waals surface area contributed by atoms with Crippen LogP contribution in [0.4, 0.5) is 10.2 Å². The average Bonchev–Trinajstić information content (AvgIpc) is 2.97. The van der Waals surface area contributed by atoms with Crippen molar-refractivity contribution in [1.29, 1.82) is 0 Å². The number of anilines is 1. The third-order valence-corrected chi connectivity index (χ3v) is 4.24. The van der Waals surface area contributed by atoms with Gasteiger partial charge < -0.3 is 15.6 Å². The maximum atomic E-state index is 14.5. The minimum atomic E-state index is -1.30. The monoisotopic (exact) mass is 304 g/mol. The van der Waals surface area contributed by atoms with E-state index in [1.807, 2.05) is 0 Å². The number of aliphatic hydroxyl groups excluding tert-OH is 1. The van der Waals surface area contributed by atoms with Crippen molar-refractivity contribution in [2.24, 2.45) is 5.41 Å². The topological polar surface area (TPSA) is 85.7 Å². The van der Waals surface area contributed by atoms with Gasteiger partial charge >= 0.3 is 0 Å². The molecule has 1 aliphatic heterocycles. The van der Waals surface area contributed by atoms with Crippen molar-refractivity contribution < 1.29 is 14.2 Å². The fourth-order valence-electron chi connectivity index (χ4n) is 3.02. The van der Waals surface area contributed by atoms with E-state index in [4.69, 9.17) is 16.9 Å². The van der Waals surface area contributed by atoms with Gasteiger partial charge in [0, 0.05) is 5.41 Å². The van der Waals surface area contributed by atoms with Crippen LogP contribution in [0.3, 0.4) is 0 Å². The number of halogens is 1. The Morgan fingerprint density at radius 1 is 1.59 bits per heavy atom. The van der Waals surface area contributed by atoms with E-state index in [2.05, 4.69) is 16.0 Å². The molecular weight excluding hydrogens is 287 g/mol. The van der Waals surface area contributed by atoms with Crippen molar-refractivity contribution in [3.63, 3.8) is 0 Å². The molecule has 7 heteroatoms. The predicted molar refractivity (Wildman–Crippen MR) is 78.7 cm³/mol. The van der Waals surface area contributed by atoms with Crippen molar-refractivity contribution in [1.82, 2.24) is 14.6 Å². The van der Waals surface area contributed by atoms with Crippen LogP contribution in [0.5, 0.6) is 0 Å². The molecule has 3 heterocycles. The summed E-state index contributed by atoms with van der Waals surface area (Å²) >= 11 is 0. The van der Waals surface area contributed by atoms with Crippen LogP contribution >= 0.6 is 0 Å². The highest BCUT2D eigenvalue weighted by Crippen LogP contribution is 2.49. The highest BCUT2D eigenvalue weighted by Gasteiger charge is 2.52. The lowest BCUT2D eigenvalue weighted by atomic mass is 9.81. The molecule has 2 aromatic rings. The van der Waals surface area contributed by atoms with Crippen molar-refractivity contribution in [2.45, 2.75) is 32.2 Å². The molecule has 3 atom stereocenters. The Bertz CT molecular complexity index is 765. The number of alkyl halides is 1. The number of ether oxygens (including phenoxy) is 1. The van der Waals surface area contributed by atoms with Crippen LogP contribution in [0.25, 0.3) is 5.52 Å². The summed E-state index contributed by atoms with van der Waals surface area (Å²) in [5.41, 5.74) is 6.65. The number of terminal acetylenes is 1. The maximum Gasteiger partial charge on any atom is 0.152 e. The van der Waals surface area contributed by atoms with Crippen molar-refractivity contribution >= 4 is 11.3 Å². The molecule has 1 fully saturated rings. The summed E-state index contributed by atoms with van der Waals surface area (Å²) in [4.78, 5) is 3.93. The van der Waals surface area contributed by atoms with E-state index in [1.165, 1.54) is 10.8 Å². The van der Waals surface area contributed by atoms with Gasteiger partial charge in [-0.3, -0.25) is 0 Å². The Hall–Kier alpha value is -2.17. The molecule has 0 saturated carbocycles. The minimum absolute atomic E-state index is 0.250. The van der Waals surface area contributed by atoms with E-state index in [0.717, 1.165) is 0 Å². The molecule has 0 amide bonds. The molecule has 0 spiro atoms. The molecule has 1 saturated heterocycles. The largest absolute Gasteiger partial charge is 0.394 e. The Balaban J connectivity index is 2.20. The molecule has 0 aromatic carbocycles. The SMILES string of the molecule is C#Cc1cc([C@@H]2O[C@H](CO)[C@@H](F)C2(C)C)n2ncnc(N)c12. The number of hydrogen-bond acceptors (Lipinski definition) is 5. The number of rotatable bonds is 2. The zero-order chi connectivity index (χ0) is 16.1. The van der Waals surface area contributed by atoms with Crippen LogP contribution in [0.1, 0.15) is 31.2 Å². The second-order valence-electron chi connectivity index (χ2n) is 5.99. The molecule has 3 rings (SSSR count). The molecule has 0 bridgehead atoms. The molecule has 2 aromatic heterocycles. The molecule has 22 heavy (non-hydrogen) atoms. The van der Waals surface area contributed by atoms with Gasteiger partial charge in [0.1, 0.15) is 30.2 Å². The highest BCUT2D eigenvalue weighted by atomic mass is 19.1. The Morgan fingerprint density at radius 3 is 2.91 bits per heavy atom. The van der Waals surface area contributed by atoms with Gasteiger partial charge in [-0.05, 0) is 6.07 Å². The van der Waals surface area contributed by atoms with Crippen LogP contribution in [-0.4, -0.2) is 38.6 Å². The number of aliphatic hydroxyl groups is 1. The third-order valence-electron chi connectivity index (χ3n) is 4.24. The number of fused-ring (bicyclic) bond motifs is 1. The zero-order valence-corrected chi connectivity index (χ0v) is 12.3. The smallest absolute Gasteiger partial charge is 0.152 e. The number of nitrogens with zero attached hydrogens (tertiary/aromatic N) is 3. The molecule has 1 aliphatic rings. The van der Waals surface area contributed by atoms with E-state index in [9.17, 15) is 9.50 Å². The molecule has 3 N–H and O–H groups in total. The summed E-state index contributed by atoms with van der Waals surface area (Å²) in [6.45, 7) is 3.11. The second kappa shape index (κ2) is 4.93. The average molecular weight is 304 g/mol. The summed E-state index contributed by atoms with van der Waals surface area (Å²) in [6.07, 6.45) is 4.04. The van der Waals surface area contributed by atoms with Gasteiger partial charge in [-0.2, -0.15) is 5.10 Å². The van der Waals surface area contributed by atoms with Crippen molar-refractivity contribution in [3.05, 3.63) is 23.7 Å². The van der Waals surface area contributed by atoms with Gasteiger partial charge in [0.25, 0.3) is 0 Å². The molecule has 6 nitrogen and oxygen atoms in total. The first-order chi connectivity index (χ1) is 10.4. The summed E-state index contributed by atoms with van der Waals surface area (Å²) in [7, 11) is 0. The lowest BCUT2D eigenvalue weighted by Gasteiger charge is -2.26. The zero-order valence-electron chi connectivity index (χ0n) is 12.3. The van der Waals surface area contributed by atoms with E-state index < -0.39 is 23.8 Å². The van der Waals surface area contributed by atoms with Gasteiger partial charge in [0.05, 0.1) is 17.9 Å². The lowest BCUT2D eigenvalue weighted by molar-refractivity contribution is -0.0142. The molecule has 0 radical (unpaired) electrons. The Kier molecular flexibility index (Phi) is 3.31. The normalized spacial score (nSPS) is 27.1. The van der Waals surface area contributed by atoms with E-state index >= 15 is 0 Å². The van der Waals surface area contributed by atoms with Crippen LogP contribution in [-0.2, 0) is 4.74 Å². The maximum absolute atomic E-state index is 14.5. The number of hydrogen-bond donors (Lipinski definition) is 2. The third kappa shape index (κ3) is 1.88. The quantitative estimate of drug-likeness (QED) is 0.811. The number of nitrogens with two attached hydrogens (primary N) is 1. The van der Waals surface area contributed by atoms with Crippen molar-refractivity contribution in [2.75, 3.05) is 12.3 Å². The van der Waals surface area contributed by atoms with Crippen LogP contribution < -0.4 is 5.73 Å². The Labute approximate surface area is 127 Å².